The van der Waals surface area contributed by atoms with Gasteiger partial charge in [-0.1, -0.05) is 73.8 Å². The third-order valence-corrected chi connectivity index (χ3v) is 4.52. The molecule has 2 N–H and O–H groups in total. The third kappa shape index (κ3) is 4.83. The summed E-state index contributed by atoms with van der Waals surface area (Å²) in [6.45, 7) is 2.47. The lowest BCUT2D eigenvalue weighted by Crippen LogP contribution is -2.04. The topological polar surface area (TPSA) is 66.8 Å². The summed E-state index contributed by atoms with van der Waals surface area (Å²) < 4.78 is 5.41. The second kappa shape index (κ2) is 9.33. The van der Waals surface area contributed by atoms with E-state index in [4.69, 9.17) is 44.6 Å². The van der Waals surface area contributed by atoms with Crippen LogP contribution in [0, 0.1) is 0 Å². The molecular formula is C15H19Cl3O4. The number of carboxylic acids is 1. The SMILES string of the molecule is CCCCCCCCOc1c(O)c(C(=O)O)c(Cl)c(Cl)c1Cl. The van der Waals surface area contributed by atoms with Crippen molar-refractivity contribution >= 4 is 40.8 Å². The first-order valence-electron chi connectivity index (χ1n) is 7.17. The van der Waals surface area contributed by atoms with Crippen LogP contribution in [0.3, 0.4) is 0 Å². The second-order valence-electron chi connectivity index (χ2n) is 4.92. The smallest absolute Gasteiger partial charge is 0.341 e. The summed E-state index contributed by atoms with van der Waals surface area (Å²) >= 11 is 17.6. The lowest BCUT2D eigenvalue weighted by Gasteiger charge is -2.14. The molecule has 0 saturated carbocycles. The van der Waals surface area contributed by atoms with E-state index in [0.29, 0.717) is 6.61 Å². The second-order valence-corrected chi connectivity index (χ2v) is 6.05. The highest BCUT2D eigenvalue weighted by Crippen LogP contribution is 2.47. The molecule has 0 aliphatic rings. The first kappa shape index (κ1) is 19.2. The molecule has 0 aromatic heterocycles. The Morgan fingerprint density at radius 1 is 1.00 bits per heavy atom. The predicted octanol–water partition coefficient (Wildman–Crippen LogP) is 5.79. The number of unbranched alkanes of at least 4 members (excludes halogenated alkanes) is 5. The highest BCUT2D eigenvalue weighted by molar-refractivity contribution is 6.50. The number of carboxylic acid groups (broad SMARTS) is 1. The fourth-order valence-electron chi connectivity index (χ4n) is 2.01. The predicted molar refractivity (Wildman–Crippen MR) is 89.0 cm³/mol. The van der Waals surface area contributed by atoms with Gasteiger partial charge in [-0.2, -0.15) is 0 Å². The molecule has 0 saturated heterocycles. The van der Waals surface area contributed by atoms with Gasteiger partial charge < -0.3 is 14.9 Å². The lowest BCUT2D eigenvalue weighted by molar-refractivity contribution is 0.0693. The van der Waals surface area contributed by atoms with Gasteiger partial charge in [-0.3, -0.25) is 0 Å². The molecule has 22 heavy (non-hydrogen) atoms. The van der Waals surface area contributed by atoms with Gasteiger partial charge in [-0.25, -0.2) is 4.79 Å². The Morgan fingerprint density at radius 3 is 2.18 bits per heavy atom. The van der Waals surface area contributed by atoms with Crippen LogP contribution < -0.4 is 4.74 Å². The summed E-state index contributed by atoms with van der Waals surface area (Å²) in [5.41, 5.74) is -0.506. The van der Waals surface area contributed by atoms with Crippen molar-refractivity contribution in [3.8, 4) is 11.5 Å². The summed E-state index contributed by atoms with van der Waals surface area (Å²) in [7, 11) is 0. The molecule has 0 heterocycles. The number of carbonyl (C=O) groups is 1. The number of ether oxygens (including phenoxy) is 1. The minimum Gasteiger partial charge on any atom is -0.504 e. The Morgan fingerprint density at radius 2 is 1.59 bits per heavy atom. The zero-order valence-electron chi connectivity index (χ0n) is 12.3. The Labute approximate surface area is 144 Å². The number of phenols is 1. The van der Waals surface area contributed by atoms with Crippen LogP contribution in [0.25, 0.3) is 0 Å². The van der Waals surface area contributed by atoms with Crippen LogP contribution in [-0.2, 0) is 0 Å². The fourth-order valence-corrected chi connectivity index (χ4v) is 2.74. The summed E-state index contributed by atoms with van der Waals surface area (Å²) in [6.07, 6.45) is 6.45. The number of aromatic carboxylic acids is 1. The summed E-state index contributed by atoms with van der Waals surface area (Å²) in [5.74, 6) is -2.13. The van der Waals surface area contributed by atoms with Crippen molar-refractivity contribution in [2.75, 3.05) is 6.61 Å². The highest BCUT2D eigenvalue weighted by Gasteiger charge is 2.26. The zero-order valence-corrected chi connectivity index (χ0v) is 14.6. The molecule has 0 fully saturated rings. The molecule has 0 atom stereocenters. The first-order chi connectivity index (χ1) is 10.4. The molecule has 7 heteroatoms. The molecule has 0 radical (unpaired) electrons. The van der Waals surface area contributed by atoms with Gasteiger partial charge in [0.25, 0.3) is 0 Å². The summed E-state index contributed by atoms with van der Waals surface area (Å²) in [6, 6.07) is 0. The van der Waals surface area contributed by atoms with Crippen LogP contribution in [0.1, 0.15) is 55.8 Å². The average Bonchev–Trinajstić information content (AvgIpc) is 2.47. The van der Waals surface area contributed by atoms with Crippen molar-refractivity contribution in [3.63, 3.8) is 0 Å². The van der Waals surface area contributed by atoms with Gasteiger partial charge in [-0.05, 0) is 6.42 Å². The highest BCUT2D eigenvalue weighted by atomic mass is 35.5. The maximum atomic E-state index is 11.1. The standard InChI is InChI=1S/C15H19Cl3O4/c1-2-3-4-5-6-7-8-22-14-12(18)11(17)10(16)9(13(14)19)15(20)21/h19H,2-8H2,1H3,(H,20,21). The monoisotopic (exact) mass is 368 g/mol. The van der Waals surface area contributed by atoms with Gasteiger partial charge in [0.1, 0.15) is 10.6 Å². The number of halogens is 3. The van der Waals surface area contributed by atoms with E-state index in [1.165, 1.54) is 19.3 Å². The van der Waals surface area contributed by atoms with E-state index < -0.39 is 17.3 Å². The van der Waals surface area contributed by atoms with Crippen LogP contribution in [0.4, 0.5) is 0 Å². The molecule has 124 valence electrons. The molecule has 0 aliphatic carbocycles. The van der Waals surface area contributed by atoms with Crippen LogP contribution >= 0.6 is 34.8 Å². The van der Waals surface area contributed by atoms with E-state index in [-0.39, 0.29) is 20.8 Å². The number of hydrogen-bond acceptors (Lipinski definition) is 3. The van der Waals surface area contributed by atoms with Crippen molar-refractivity contribution in [2.24, 2.45) is 0 Å². The van der Waals surface area contributed by atoms with Gasteiger partial charge in [0, 0.05) is 0 Å². The van der Waals surface area contributed by atoms with Crippen LogP contribution in [0.2, 0.25) is 15.1 Å². The van der Waals surface area contributed by atoms with Gasteiger partial charge >= 0.3 is 5.97 Å². The quantitative estimate of drug-likeness (QED) is 0.427. The minimum atomic E-state index is -1.40. The molecule has 1 rings (SSSR count). The average molecular weight is 370 g/mol. The van der Waals surface area contributed by atoms with Crippen LogP contribution in [0.15, 0.2) is 0 Å². The number of aromatic hydroxyl groups is 1. The van der Waals surface area contributed by atoms with Crippen molar-refractivity contribution < 1.29 is 19.7 Å². The molecule has 0 unspecified atom stereocenters. The van der Waals surface area contributed by atoms with E-state index in [1.807, 2.05) is 0 Å². The maximum absolute atomic E-state index is 11.1. The Balaban J connectivity index is 2.73. The molecule has 0 spiro atoms. The third-order valence-electron chi connectivity index (χ3n) is 3.21. The maximum Gasteiger partial charge on any atom is 0.341 e. The molecule has 0 bridgehead atoms. The normalized spacial score (nSPS) is 10.7. The number of rotatable bonds is 9. The van der Waals surface area contributed by atoms with E-state index >= 15 is 0 Å². The van der Waals surface area contributed by atoms with Crippen molar-refractivity contribution in [2.45, 2.75) is 45.4 Å². The number of hydrogen-bond donors (Lipinski definition) is 2. The van der Waals surface area contributed by atoms with E-state index in [0.717, 1.165) is 19.3 Å². The molecule has 1 aromatic rings. The molecular weight excluding hydrogens is 351 g/mol. The Bertz CT molecular complexity index is 532. The molecule has 0 aliphatic heterocycles. The number of benzene rings is 1. The van der Waals surface area contributed by atoms with Crippen molar-refractivity contribution in [3.05, 3.63) is 20.6 Å². The van der Waals surface area contributed by atoms with Gasteiger partial charge in [0.15, 0.2) is 11.5 Å². The van der Waals surface area contributed by atoms with E-state index in [9.17, 15) is 9.90 Å². The lowest BCUT2D eigenvalue weighted by atomic mass is 10.1. The summed E-state index contributed by atoms with van der Waals surface area (Å²) in [5, 5.41) is 18.5. The zero-order chi connectivity index (χ0) is 16.7. The van der Waals surface area contributed by atoms with E-state index in [2.05, 4.69) is 6.92 Å². The molecule has 1 aromatic carbocycles. The molecule has 4 nitrogen and oxygen atoms in total. The fraction of sp³-hybridized carbons (Fsp3) is 0.533. The van der Waals surface area contributed by atoms with Gasteiger partial charge in [0.05, 0.1) is 16.7 Å². The first-order valence-corrected chi connectivity index (χ1v) is 8.30. The van der Waals surface area contributed by atoms with Gasteiger partial charge in [0.2, 0.25) is 0 Å². The van der Waals surface area contributed by atoms with Crippen molar-refractivity contribution in [1.82, 2.24) is 0 Å². The minimum absolute atomic E-state index is 0.0832. The largest absolute Gasteiger partial charge is 0.504 e. The van der Waals surface area contributed by atoms with Crippen LogP contribution in [-0.4, -0.2) is 22.8 Å². The van der Waals surface area contributed by atoms with Gasteiger partial charge in [-0.15, -0.1) is 0 Å². The van der Waals surface area contributed by atoms with E-state index in [1.54, 1.807) is 0 Å². The molecule has 0 amide bonds. The van der Waals surface area contributed by atoms with Crippen LogP contribution in [0.5, 0.6) is 11.5 Å². The summed E-state index contributed by atoms with van der Waals surface area (Å²) in [4.78, 5) is 11.1. The Kier molecular flexibility index (Phi) is 8.15. The van der Waals surface area contributed by atoms with Crippen molar-refractivity contribution in [1.29, 1.82) is 0 Å². The Hall–Kier alpha value is -0.840.